The third kappa shape index (κ3) is 5.72. The standard InChI is InChI=1S/C16H26N2O2/c1-12(2)15(11-20-4)17-9-10-18-16(19)14-7-5-13(3)6-8-14/h5-8,12,15,17H,9-11H2,1-4H3,(H,18,19). The number of aryl methyl sites for hydroxylation is 1. The molecule has 0 fully saturated rings. The smallest absolute Gasteiger partial charge is 0.251 e. The Morgan fingerprint density at radius 1 is 1.20 bits per heavy atom. The van der Waals surface area contributed by atoms with Gasteiger partial charge in [0, 0.05) is 31.8 Å². The number of hydrogen-bond donors (Lipinski definition) is 2. The first kappa shape index (κ1) is 16.7. The maximum Gasteiger partial charge on any atom is 0.251 e. The first-order valence-electron chi connectivity index (χ1n) is 7.11. The molecule has 1 atom stereocenters. The van der Waals surface area contributed by atoms with Crippen LogP contribution in [-0.2, 0) is 4.74 Å². The number of methoxy groups -OCH3 is 1. The van der Waals surface area contributed by atoms with Crippen LogP contribution in [0.3, 0.4) is 0 Å². The molecule has 2 N–H and O–H groups in total. The lowest BCUT2D eigenvalue weighted by Gasteiger charge is -2.21. The fourth-order valence-corrected chi connectivity index (χ4v) is 1.91. The molecule has 0 aliphatic carbocycles. The molecule has 4 heteroatoms. The summed E-state index contributed by atoms with van der Waals surface area (Å²) in [7, 11) is 1.70. The van der Waals surface area contributed by atoms with E-state index in [1.807, 2.05) is 31.2 Å². The Morgan fingerprint density at radius 3 is 2.40 bits per heavy atom. The summed E-state index contributed by atoms with van der Waals surface area (Å²) in [5.41, 5.74) is 1.86. The van der Waals surface area contributed by atoms with Gasteiger partial charge in [-0.15, -0.1) is 0 Å². The molecule has 0 bridgehead atoms. The lowest BCUT2D eigenvalue weighted by molar-refractivity contribution is 0.0952. The minimum absolute atomic E-state index is 0.0281. The zero-order chi connectivity index (χ0) is 15.0. The molecule has 1 aromatic carbocycles. The largest absolute Gasteiger partial charge is 0.383 e. The number of nitrogens with one attached hydrogen (secondary N) is 2. The van der Waals surface area contributed by atoms with Gasteiger partial charge in [-0.2, -0.15) is 0 Å². The van der Waals surface area contributed by atoms with E-state index in [1.54, 1.807) is 7.11 Å². The summed E-state index contributed by atoms with van der Waals surface area (Å²) in [6.07, 6.45) is 0. The Bertz CT molecular complexity index is 401. The highest BCUT2D eigenvalue weighted by molar-refractivity contribution is 5.94. The van der Waals surface area contributed by atoms with Crippen molar-refractivity contribution in [1.82, 2.24) is 10.6 Å². The van der Waals surface area contributed by atoms with E-state index in [4.69, 9.17) is 4.74 Å². The van der Waals surface area contributed by atoms with E-state index in [9.17, 15) is 4.79 Å². The zero-order valence-electron chi connectivity index (χ0n) is 12.9. The second-order valence-electron chi connectivity index (χ2n) is 5.38. The van der Waals surface area contributed by atoms with E-state index in [2.05, 4.69) is 24.5 Å². The van der Waals surface area contributed by atoms with Crippen LogP contribution in [0.4, 0.5) is 0 Å². The Morgan fingerprint density at radius 2 is 1.85 bits per heavy atom. The van der Waals surface area contributed by atoms with Crippen molar-refractivity contribution in [3.63, 3.8) is 0 Å². The van der Waals surface area contributed by atoms with E-state index < -0.39 is 0 Å². The highest BCUT2D eigenvalue weighted by Crippen LogP contribution is 2.03. The van der Waals surface area contributed by atoms with E-state index >= 15 is 0 Å². The lowest BCUT2D eigenvalue weighted by atomic mass is 10.1. The van der Waals surface area contributed by atoms with Crippen LogP contribution in [0.2, 0.25) is 0 Å². The van der Waals surface area contributed by atoms with Gasteiger partial charge in [-0.1, -0.05) is 31.5 Å². The molecule has 0 heterocycles. The molecule has 1 amide bonds. The summed E-state index contributed by atoms with van der Waals surface area (Å²) in [4.78, 5) is 11.9. The average Bonchev–Trinajstić information content (AvgIpc) is 2.42. The predicted octanol–water partition coefficient (Wildman–Crippen LogP) is 1.99. The van der Waals surface area contributed by atoms with Crippen molar-refractivity contribution >= 4 is 5.91 Å². The Labute approximate surface area is 121 Å². The van der Waals surface area contributed by atoms with Gasteiger partial charge in [0.1, 0.15) is 0 Å². The van der Waals surface area contributed by atoms with E-state index in [-0.39, 0.29) is 5.91 Å². The molecular formula is C16H26N2O2. The second kappa shape index (κ2) is 8.72. The van der Waals surface area contributed by atoms with Gasteiger partial charge in [0.15, 0.2) is 0 Å². The predicted molar refractivity (Wildman–Crippen MR) is 82.0 cm³/mol. The van der Waals surface area contributed by atoms with Crippen molar-refractivity contribution < 1.29 is 9.53 Å². The second-order valence-corrected chi connectivity index (χ2v) is 5.38. The van der Waals surface area contributed by atoms with E-state index in [0.717, 1.165) is 12.1 Å². The fourth-order valence-electron chi connectivity index (χ4n) is 1.91. The summed E-state index contributed by atoms with van der Waals surface area (Å²) in [5.74, 6) is 0.474. The van der Waals surface area contributed by atoms with Gasteiger partial charge in [0.2, 0.25) is 0 Å². The summed E-state index contributed by atoms with van der Waals surface area (Å²) in [6, 6.07) is 7.90. The first-order valence-corrected chi connectivity index (χ1v) is 7.11. The van der Waals surface area contributed by atoms with E-state index in [0.29, 0.717) is 30.7 Å². The minimum atomic E-state index is -0.0281. The van der Waals surface area contributed by atoms with Crippen LogP contribution in [-0.4, -0.2) is 38.8 Å². The number of carbonyl (C=O) groups is 1. The normalized spacial score (nSPS) is 12.4. The molecule has 0 aliphatic rings. The number of ether oxygens (including phenoxy) is 1. The van der Waals surface area contributed by atoms with Crippen LogP contribution in [0.25, 0.3) is 0 Å². The summed E-state index contributed by atoms with van der Waals surface area (Å²) >= 11 is 0. The molecule has 0 saturated carbocycles. The van der Waals surface area contributed by atoms with Crippen molar-refractivity contribution in [1.29, 1.82) is 0 Å². The molecule has 4 nitrogen and oxygen atoms in total. The quantitative estimate of drug-likeness (QED) is 0.715. The first-order chi connectivity index (χ1) is 9.54. The number of hydrogen-bond acceptors (Lipinski definition) is 3. The van der Waals surface area contributed by atoms with E-state index in [1.165, 1.54) is 0 Å². The van der Waals surface area contributed by atoms with Crippen LogP contribution >= 0.6 is 0 Å². The molecule has 0 spiro atoms. The summed E-state index contributed by atoms with van der Waals surface area (Å²) in [5, 5.41) is 6.31. The van der Waals surface area contributed by atoms with Crippen molar-refractivity contribution in [2.45, 2.75) is 26.8 Å². The van der Waals surface area contributed by atoms with Crippen LogP contribution in [0.15, 0.2) is 24.3 Å². The average molecular weight is 278 g/mol. The number of carbonyl (C=O) groups excluding carboxylic acids is 1. The molecule has 112 valence electrons. The molecule has 1 aromatic rings. The third-order valence-electron chi connectivity index (χ3n) is 3.28. The monoisotopic (exact) mass is 278 g/mol. The highest BCUT2D eigenvalue weighted by Gasteiger charge is 2.12. The van der Waals surface area contributed by atoms with Crippen molar-refractivity contribution in [2.24, 2.45) is 5.92 Å². The summed E-state index contributed by atoms with van der Waals surface area (Å²) in [6.45, 7) is 8.35. The molecule has 1 unspecified atom stereocenters. The van der Waals surface area contributed by atoms with Crippen molar-refractivity contribution in [3.8, 4) is 0 Å². The maximum absolute atomic E-state index is 11.9. The molecule has 1 rings (SSSR count). The zero-order valence-corrected chi connectivity index (χ0v) is 12.9. The molecule has 0 aliphatic heterocycles. The van der Waals surface area contributed by atoms with Crippen LogP contribution in [0.1, 0.15) is 29.8 Å². The van der Waals surface area contributed by atoms with Gasteiger partial charge in [-0.25, -0.2) is 0 Å². The molecular weight excluding hydrogens is 252 g/mol. The SMILES string of the molecule is COCC(NCCNC(=O)c1ccc(C)cc1)C(C)C. The highest BCUT2D eigenvalue weighted by atomic mass is 16.5. The van der Waals surface area contributed by atoms with Gasteiger partial charge >= 0.3 is 0 Å². The Balaban J connectivity index is 2.29. The number of amides is 1. The molecule has 0 saturated heterocycles. The molecule has 0 radical (unpaired) electrons. The number of benzene rings is 1. The van der Waals surface area contributed by atoms with Crippen molar-refractivity contribution in [3.05, 3.63) is 35.4 Å². The van der Waals surface area contributed by atoms with Crippen LogP contribution in [0.5, 0.6) is 0 Å². The topological polar surface area (TPSA) is 50.4 Å². The van der Waals surface area contributed by atoms with Gasteiger partial charge in [0.25, 0.3) is 5.91 Å². The number of rotatable bonds is 8. The summed E-state index contributed by atoms with van der Waals surface area (Å²) < 4.78 is 5.17. The van der Waals surface area contributed by atoms with Gasteiger partial charge in [0.05, 0.1) is 6.61 Å². The maximum atomic E-state index is 11.9. The lowest BCUT2D eigenvalue weighted by Crippen LogP contribution is -2.42. The Hall–Kier alpha value is -1.39. The van der Waals surface area contributed by atoms with Gasteiger partial charge in [-0.05, 0) is 25.0 Å². The van der Waals surface area contributed by atoms with Gasteiger partial charge < -0.3 is 15.4 Å². The third-order valence-corrected chi connectivity index (χ3v) is 3.28. The van der Waals surface area contributed by atoms with Crippen LogP contribution in [0, 0.1) is 12.8 Å². The minimum Gasteiger partial charge on any atom is -0.383 e. The molecule has 0 aromatic heterocycles. The molecule has 20 heavy (non-hydrogen) atoms. The van der Waals surface area contributed by atoms with Gasteiger partial charge in [-0.3, -0.25) is 4.79 Å². The van der Waals surface area contributed by atoms with Crippen molar-refractivity contribution in [2.75, 3.05) is 26.8 Å². The van der Waals surface area contributed by atoms with Crippen LogP contribution < -0.4 is 10.6 Å². The fraction of sp³-hybridized carbons (Fsp3) is 0.562. The Kier molecular flexibility index (Phi) is 7.26.